The Balaban J connectivity index is 0.00000161. The minimum absolute atomic E-state index is 0. The lowest BCUT2D eigenvalue weighted by Gasteiger charge is -2.35. The number of aryl methyl sites for hydroxylation is 1. The molecular formula is C16H23ClN2O2. The molecule has 1 atom stereocenters. The normalized spacial score (nSPS) is 23.0. The SMILES string of the molecule is COC1(C(=O)NC2CCc3ccccc32)CCNCC1.Cl. The molecule has 0 aromatic heterocycles. The van der Waals surface area contributed by atoms with E-state index in [1.807, 2.05) is 6.07 Å². The van der Waals surface area contributed by atoms with Crippen molar-refractivity contribution in [3.05, 3.63) is 35.4 Å². The number of piperidine rings is 1. The number of benzene rings is 1. The van der Waals surface area contributed by atoms with Gasteiger partial charge in [-0.1, -0.05) is 24.3 Å². The van der Waals surface area contributed by atoms with Crippen molar-refractivity contribution in [3.63, 3.8) is 0 Å². The van der Waals surface area contributed by atoms with E-state index in [2.05, 4.69) is 28.8 Å². The van der Waals surface area contributed by atoms with Gasteiger partial charge in [-0.2, -0.15) is 0 Å². The molecule has 1 aromatic carbocycles. The smallest absolute Gasteiger partial charge is 0.252 e. The molecule has 3 rings (SSSR count). The predicted octanol–water partition coefficient (Wildman–Crippen LogP) is 1.98. The largest absolute Gasteiger partial charge is 0.368 e. The van der Waals surface area contributed by atoms with Crippen molar-refractivity contribution in [2.75, 3.05) is 20.2 Å². The number of amides is 1. The molecule has 2 aliphatic rings. The van der Waals surface area contributed by atoms with Gasteiger partial charge < -0.3 is 15.4 Å². The maximum absolute atomic E-state index is 12.7. The van der Waals surface area contributed by atoms with Crippen molar-refractivity contribution in [1.29, 1.82) is 0 Å². The van der Waals surface area contributed by atoms with Crippen molar-refractivity contribution in [2.24, 2.45) is 0 Å². The van der Waals surface area contributed by atoms with Gasteiger partial charge in [0.25, 0.3) is 5.91 Å². The maximum atomic E-state index is 12.7. The summed E-state index contributed by atoms with van der Waals surface area (Å²) in [6.45, 7) is 1.67. The molecule has 2 N–H and O–H groups in total. The molecule has 1 saturated heterocycles. The van der Waals surface area contributed by atoms with Crippen LogP contribution in [-0.4, -0.2) is 31.7 Å². The van der Waals surface area contributed by atoms with Crippen LogP contribution in [0, 0.1) is 0 Å². The second-order valence-corrected chi connectivity index (χ2v) is 5.71. The zero-order chi connectivity index (χ0) is 14.0. The van der Waals surface area contributed by atoms with Crippen LogP contribution >= 0.6 is 12.4 Å². The quantitative estimate of drug-likeness (QED) is 0.897. The first-order valence-electron chi connectivity index (χ1n) is 7.40. The average molecular weight is 311 g/mol. The number of hydrogen-bond acceptors (Lipinski definition) is 3. The Morgan fingerprint density at radius 2 is 2.05 bits per heavy atom. The second kappa shape index (κ2) is 6.77. The molecule has 1 unspecified atom stereocenters. The number of fused-ring (bicyclic) bond motifs is 1. The number of rotatable bonds is 3. The summed E-state index contributed by atoms with van der Waals surface area (Å²) in [7, 11) is 1.65. The first-order chi connectivity index (χ1) is 9.75. The van der Waals surface area contributed by atoms with Crippen LogP contribution in [0.5, 0.6) is 0 Å². The summed E-state index contributed by atoms with van der Waals surface area (Å²) in [5, 5.41) is 6.48. The fourth-order valence-electron chi connectivity index (χ4n) is 3.35. The molecule has 5 heteroatoms. The molecule has 1 aliphatic carbocycles. The highest BCUT2D eigenvalue weighted by molar-refractivity contribution is 5.86. The number of methoxy groups -OCH3 is 1. The molecule has 116 valence electrons. The first kappa shape index (κ1) is 16.3. The van der Waals surface area contributed by atoms with E-state index in [4.69, 9.17) is 4.74 Å². The number of carbonyl (C=O) groups is 1. The van der Waals surface area contributed by atoms with E-state index in [-0.39, 0.29) is 24.4 Å². The lowest BCUT2D eigenvalue weighted by molar-refractivity contribution is -0.147. The zero-order valence-electron chi connectivity index (χ0n) is 12.4. The van der Waals surface area contributed by atoms with Crippen LogP contribution < -0.4 is 10.6 Å². The maximum Gasteiger partial charge on any atom is 0.252 e. The van der Waals surface area contributed by atoms with E-state index in [0.29, 0.717) is 0 Å². The Labute approximate surface area is 132 Å². The molecule has 21 heavy (non-hydrogen) atoms. The highest BCUT2D eigenvalue weighted by Crippen LogP contribution is 2.32. The van der Waals surface area contributed by atoms with Crippen LogP contribution in [0.25, 0.3) is 0 Å². The lowest BCUT2D eigenvalue weighted by Crippen LogP contribution is -2.54. The number of halogens is 1. The summed E-state index contributed by atoms with van der Waals surface area (Å²) in [4.78, 5) is 12.7. The summed E-state index contributed by atoms with van der Waals surface area (Å²) in [6, 6.07) is 8.51. The van der Waals surface area contributed by atoms with Crippen LogP contribution in [0.15, 0.2) is 24.3 Å². The number of carbonyl (C=O) groups excluding carboxylic acids is 1. The van der Waals surface area contributed by atoms with Gasteiger partial charge >= 0.3 is 0 Å². The summed E-state index contributed by atoms with van der Waals surface area (Å²) < 4.78 is 5.59. The third-order valence-corrected chi connectivity index (χ3v) is 4.65. The topological polar surface area (TPSA) is 50.4 Å². The number of ether oxygens (including phenoxy) is 1. The molecule has 0 radical (unpaired) electrons. The Morgan fingerprint density at radius 1 is 1.33 bits per heavy atom. The van der Waals surface area contributed by atoms with Crippen molar-refractivity contribution >= 4 is 18.3 Å². The van der Waals surface area contributed by atoms with Gasteiger partial charge in [-0.25, -0.2) is 0 Å². The van der Waals surface area contributed by atoms with Crippen LogP contribution in [-0.2, 0) is 16.0 Å². The third-order valence-electron chi connectivity index (χ3n) is 4.65. The van der Waals surface area contributed by atoms with Gasteiger partial charge in [-0.05, 0) is 49.9 Å². The van der Waals surface area contributed by atoms with E-state index in [1.165, 1.54) is 11.1 Å². The molecule has 1 aromatic rings. The molecule has 1 aliphatic heterocycles. The standard InChI is InChI=1S/C16H22N2O2.ClH/c1-20-16(8-10-17-11-9-16)15(19)18-14-7-6-12-4-2-3-5-13(12)14;/h2-5,14,17H,6-11H2,1H3,(H,18,19);1H. The molecule has 0 bridgehead atoms. The Morgan fingerprint density at radius 3 is 2.76 bits per heavy atom. The minimum Gasteiger partial charge on any atom is -0.368 e. The van der Waals surface area contributed by atoms with E-state index >= 15 is 0 Å². The first-order valence-corrected chi connectivity index (χ1v) is 7.40. The zero-order valence-corrected chi connectivity index (χ0v) is 13.2. The Kier molecular flexibility index (Phi) is 5.25. The van der Waals surface area contributed by atoms with E-state index in [0.717, 1.165) is 38.8 Å². The summed E-state index contributed by atoms with van der Waals surface area (Å²) >= 11 is 0. The minimum atomic E-state index is -0.650. The Bertz CT molecular complexity index is 501. The van der Waals surface area contributed by atoms with Crippen molar-refractivity contribution in [1.82, 2.24) is 10.6 Å². The van der Waals surface area contributed by atoms with E-state index in [9.17, 15) is 4.79 Å². The van der Waals surface area contributed by atoms with Gasteiger partial charge in [0.15, 0.2) is 0 Å². The summed E-state index contributed by atoms with van der Waals surface area (Å²) in [5.41, 5.74) is 1.97. The molecular weight excluding hydrogens is 288 g/mol. The van der Waals surface area contributed by atoms with Gasteiger partial charge in [-0.3, -0.25) is 4.79 Å². The van der Waals surface area contributed by atoms with Crippen molar-refractivity contribution in [3.8, 4) is 0 Å². The summed E-state index contributed by atoms with van der Waals surface area (Å²) in [6.07, 6.45) is 3.51. The monoisotopic (exact) mass is 310 g/mol. The van der Waals surface area contributed by atoms with Gasteiger partial charge in [0.1, 0.15) is 5.60 Å². The predicted molar refractivity (Wildman–Crippen MR) is 84.7 cm³/mol. The molecule has 0 spiro atoms. The van der Waals surface area contributed by atoms with E-state index in [1.54, 1.807) is 7.11 Å². The lowest BCUT2D eigenvalue weighted by atomic mass is 9.90. The van der Waals surface area contributed by atoms with Crippen LogP contribution in [0.3, 0.4) is 0 Å². The number of hydrogen-bond donors (Lipinski definition) is 2. The second-order valence-electron chi connectivity index (χ2n) is 5.71. The van der Waals surface area contributed by atoms with Crippen LogP contribution in [0.4, 0.5) is 0 Å². The fraction of sp³-hybridized carbons (Fsp3) is 0.562. The average Bonchev–Trinajstić information content (AvgIpc) is 2.91. The molecule has 4 nitrogen and oxygen atoms in total. The van der Waals surface area contributed by atoms with Crippen molar-refractivity contribution < 1.29 is 9.53 Å². The molecule has 1 fully saturated rings. The van der Waals surface area contributed by atoms with Gasteiger partial charge in [0.05, 0.1) is 6.04 Å². The highest BCUT2D eigenvalue weighted by Gasteiger charge is 2.41. The third kappa shape index (κ3) is 3.07. The fourth-order valence-corrected chi connectivity index (χ4v) is 3.35. The number of nitrogens with one attached hydrogen (secondary N) is 2. The Hall–Kier alpha value is -1.10. The van der Waals surface area contributed by atoms with Crippen molar-refractivity contribution in [2.45, 2.75) is 37.3 Å². The van der Waals surface area contributed by atoms with Crippen LogP contribution in [0.1, 0.15) is 36.4 Å². The van der Waals surface area contributed by atoms with Crippen LogP contribution in [0.2, 0.25) is 0 Å². The van der Waals surface area contributed by atoms with Gasteiger partial charge in [0, 0.05) is 7.11 Å². The molecule has 0 saturated carbocycles. The summed E-state index contributed by atoms with van der Waals surface area (Å²) in [5.74, 6) is 0.0446. The van der Waals surface area contributed by atoms with Gasteiger partial charge in [-0.15, -0.1) is 12.4 Å². The highest BCUT2D eigenvalue weighted by atomic mass is 35.5. The van der Waals surface area contributed by atoms with E-state index < -0.39 is 5.60 Å². The van der Waals surface area contributed by atoms with Gasteiger partial charge in [0.2, 0.25) is 0 Å². The molecule has 1 heterocycles. The molecule has 1 amide bonds.